The summed E-state index contributed by atoms with van der Waals surface area (Å²) in [6.07, 6.45) is 1.67. The van der Waals surface area contributed by atoms with E-state index in [4.69, 9.17) is 0 Å². The minimum atomic E-state index is -0.343. The maximum absolute atomic E-state index is 13.8. The van der Waals surface area contributed by atoms with Crippen LogP contribution in [-0.4, -0.2) is 33.7 Å². The summed E-state index contributed by atoms with van der Waals surface area (Å²) in [6, 6.07) is 17.9. The van der Waals surface area contributed by atoms with E-state index in [1.807, 2.05) is 37.3 Å². The first-order valence-corrected chi connectivity index (χ1v) is 10.7. The highest BCUT2D eigenvalue weighted by molar-refractivity contribution is 5.78. The summed E-state index contributed by atoms with van der Waals surface area (Å²) in [4.78, 5) is 26.9. The van der Waals surface area contributed by atoms with Gasteiger partial charge >= 0.3 is 0 Å². The van der Waals surface area contributed by atoms with Gasteiger partial charge in [0.2, 0.25) is 5.91 Å². The van der Waals surface area contributed by atoms with Crippen LogP contribution in [0.25, 0.3) is 11.3 Å². The number of piperidine rings is 1. The molecule has 1 aliphatic rings. The molecule has 0 aliphatic carbocycles. The van der Waals surface area contributed by atoms with Crippen molar-refractivity contribution in [2.75, 3.05) is 13.1 Å². The molecule has 4 rings (SSSR count). The van der Waals surface area contributed by atoms with E-state index >= 15 is 0 Å². The van der Waals surface area contributed by atoms with Gasteiger partial charge in [-0.15, -0.1) is 0 Å². The summed E-state index contributed by atoms with van der Waals surface area (Å²) in [5.41, 5.74) is 3.00. The average molecular weight is 420 g/mol. The van der Waals surface area contributed by atoms with Crippen molar-refractivity contribution in [3.05, 3.63) is 88.0 Å². The number of hydrogen-bond donors (Lipinski definition) is 0. The zero-order valence-corrected chi connectivity index (χ0v) is 17.6. The first-order chi connectivity index (χ1) is 15.0. The van der Waals surface area contributed by atoms with Gasteiger partial charge in [0.15, 0.2) is 0 Å². The molecule has 2 aromatic carbocycles. The molecule has 0 N–H and O–H groups in total. The lowest BCUT2D eigenvalue weighted by Crippen LogP contribution is -2.41. The second kappa shape index (κ2) is 9.25. The van der Waals surface area contributed by atoms with Crippen molar-refractivity contribution in [1.82, 2.24) is 14.7 Å². The molecule has 0 bridgehead atoms. The minimum absolute atomic E-state index is 0.0551. The molecule has 1 aliphatic heterocycles. The lowest BCUT2D eigenvalue weighted by Gasteiger charge is -2.32. The predicted octanol–water partition coefficient (Wildman–Crippen LogP) is 3.84. The number of benzene rings is 2. The maximum Gasteiger partial charge on any atom is 0.267 e. The van der Waals surface area contributed by atoms with Crippen LogP contribution in [0, 0.1) is 18.7 Å². The Morgan fingerprint density at radius 1 is 1.06 bits per heavy atom. The van der Waals surface area contributed by atoms with Gasteiger partial charge in [0, 0.05) is 31.3 Å². The third-order valence-electron chi connectivity index (χ3n) is 5.93. The normalized spacial score (nSPS) is 14.6. The van der Waals surface area contributed by atoms with Crippen LogP contribution in [0.4, 0.5) is 4.39 Å². The second-order valence-corrected chi connectivity index (χ2v) is 8.15. The van der Waals surface area contributed by atoms with Crippen molar-refractivity contribution in [3.8, 4) is 11.3 Å². The van der Waals surface area contributed by atoms with Crippen LogP contribution in [0.2, 0.25) is 0 Å². The summed E-state index contributed by atoms with van der Waals surface area (Å²) in [7, 11) is 0. The Kier molecular flexibility index (Phi) is 6.26. The van der Waals surface area contributed by atoms with E-state index in [1.165, 1.54) is 6.07 Å². The molecule has 2 heterocycles. The van der Waals surface area contributed by atoms with Crippen molar-refractivity contribution in [3.63, 3.8) is 0 Å². The second-order valence-electron chi connectivity index (χ2n) is 8.15. The average Bonchev–Trinajstić information content (AvgIpc) is 2.78. The molecule has 1 amide bonds. The lowest BCUT2D eigenvalue weighted by atomic mass is 9.96. The van der Waals surface area contributed by atoms with E-state index in [9.17, 15) is 14.0 Å². The molecule has 0 saturated carbocycles. The number of aromatic nitrogens is 2. The summed E-state index contributed by atoms with van der Waals surface area (Å²) in [5.74, 6) is -0.126. The summed E-state index contributed by atoms with van der Waals surface area (Å²) in [5, 5.41) is 4.64. The van der Waals surface area contributed by atoms with E-state index in [0.717, 1.165) is 29.7 Å². The molecular formula is C25H26FN3O2. The maximum atomic E-state index is 13.8. The molecule has 1 saturated heterocycles. The number of aryl methyl sites for hydroxylation is 1. The number of hydrogen-bond acceptors (Lipinski definition) is 3. The fraction of sp³-hybridized carbons (Fsp3) is 0.320. The van der Waals surface area contributed by atoms with Gasteiger partial charge in [-0.05, 0) is 42.9 Å². The molecule has 5 nitrogen and oxygen atoms in total. The Labute approximate surface area is 181 Å². The molecule has 0 atom stereocenters. The molecule has 0 unspecified atom stereocenters. The molecule has 6 heteroatoms. The number of halogens is 1. The number of likely N-dealkylation sites (tertiary alicyclic amines) is 1. The first kappa shape index (κ1) is 21.0. The Morgan fingerprint density at radius 3 is 2.45 bits per heavy atom. The molecule has 0 spiro atoms. The van der Waals surface area contributed by atoms with Crippen LogP contribution < -0.4 is 5.56 Å². The fourth-order valence-corrected chi connectivity index (χ4v) is 4.12. The van der Waals surface area contributed by atoms with Crippen molar-refractivity contribution in [2.45, 2.75) is 32.7 Å². The zero-order valence-electron chi connectivity index (χ0n) is 17.6. The summed E-state index contributed by atoms with van der Waals surface area (Å²) < 4.78 is 15.4. The molecule has 1 fully saturated rings. The third kappa shape index (κ3) is 4.90. The van der Waals surface area contributed by atoms with Gasteiger partial charge < -0.3 is 4.90 Å². The highest BCUT2D eigenvalue weighted by atomic mass is 19.1. The number of amides is 1. The van der Waals surface area contributed by atoms with Crippen molar-refractivity contribution in [2.24, 2.45) is 5.92 Å². The highest BCUT2D eigenvalue weighted by Gasteiger charge is 2.24. The summed E-state index contributed by atoms with van der Waals surface area (Å²) in [6.45, 7) is 3.67. The zero-order chi connectivity index (χ0) is 21.8. The lowest BCUT2D eigenvalue weighted by molar-refractivity contribution is -0.132. The number of carbonyl (C=O) groups excluding carboxylic acids is 1. The van der Waals surface area contributed by atoms with Crippen LogP contribution in [-0.2, 0) is 17.8 Å². The van der Waals surface area contributed by atoms with E-state index in [-0.39, 0.29) is 29.6 Å². The van der Waals surface area contributed by atoms with Crippen molar-refractivity contribution in [1.29, 1.82) is 0 Å². The Hall–Kier alpha value is -3.28. The molecule has 3 aromatic rings. The van der Waals surface area contributed by atoms with Gasteiger partial charge in [0.05, 0.1) is 12.1 Å². The smallest absolute Gasteiger partial charge is 0.267 e. The number of carbonyl (C=O) groups is 1. The fourth-order valence-electron chi connectivity index (χ4n) is 4.12. The first-order valence-electron chi connectivity index (χ1n) is 10.7. The van der Waals surface area contributed by atoms with E-state index in [1.54, 1.807) is 33.8 Å². The quantitative estimate of drug-likeness (QED) is 0.631. The van der Waals surface area contributed by atoms with Crippen LogP contribution >= 0.6 is 0 Å². The monoisotopic (exact) mass is 419 g/mol. The van der Waals surface area contributed by atoms with E-state index < -0.39 is 0 Å². The topological polar surface area (TPSA) is 55.2 Å². The van der Waals surface area contributed by atoms with Crippen LogP contribution in [0.15, 0.2) is 65.5 Å². The minimum Gasteiger partial charge on any atom is -0.342 e. The molecule has 0 radical (unpaired) electrons. The SMILES string of the molecule is Cc1cc(=O)n(CC2CCN(C(=O)Cc3ccccc3F)CC2)nc1-c1ccccc1. The van der Waals surface area contributed by atoms with Gasteiger partial charge in [-0.1, -0.05) is 48.5 Å². The van der Waals surface area contributed by atoms with Crippen LogP contribution in [0.3, 0.4) is 0 Å². The van der Waals surface area contributed by atoms with Crippen molar-refractivity contribution < 1.29 is 9.18 Å². The number of rotatable bonds is 5. The standard InChI is InChI=1S/C25H26FN3O2/c1-18-15-24(31)29(27-25(18)20-7-3-2-4-8-20)17-19-11-13-28(14-12-19)23(30)16-21-9-5-6-10-22(21)26/h2-10,15,19H,11-14,16-17H2,1H3. The molecular weight excluding hydrogens is 393 g/mol. The third-order valence-corrected chi connectivity index (χ3v) is 5.93. The van der Waals surface area contributed by atoms with Crippen LogP contribution in [0.1, 0.15) is 24.0 Å². The van der Waals surface area contributed by atoms with Gasteiger partial charge in [-0.25, -0.2) is 9.07 Å². The summed E-state index contributed by atoms with van der Waals surface area (Å²) >= 11 is 0. The number of nitrogens with zero attached hydrogens (tertiary/aromatic N) is 3. The Balaban J connectivity index is 1.39. The van der Waals surface area contributed by atoms with Gasteiger partial charge in [-0.2, -0.15) is 5.10 Å². The van der Waals surface area contributed by atoms with Gasteiger partial charge in [0.25, 0.3) is 5.56 Å². The van der Waals surface area contributed by atoms with Crippen LogP contribution in [0.5, 0.6) is 0 Å². The van der Waals surface area contributed by atoms with Gasteiger partial charge in [0.1, 0.15) is 5.82 Å². The molecule has 160 valence electrons. The van der Waals surface area contributed by atoms with E-state index in [0.29, 0.717) is 25.2 Å². The predicted molar refractivity (Wildman–Crippen MR) is 118 cm³/mol. The Morgan fingerprint density at radius 2 is 1.74 bits per heavy atom. The van der Waals surface area contributed by atoms with Crippen molar-refractivity contribution >= 4 is 5.91 Å². The van der Waals surface area contributed by atoms with E-state index in [2.05, 4.69) is 5.10 Å². The largest absolute Gasteiger partial charge is 0.342 e. The molecule has 31 heavy (non-hydrogen) atoms. The Bertz CT molecular complexity index is 1120. The highest BCUT2D eigenvalue weighted by Crippen LogP contribution is 2.22. The van der Waals surface area contributed by atoms with Gasteiger partial charge in [-0.3, -0.25) is 9.59 Å². The molecule has 1 aromatic heterocycles.